The van der Waals surface area contributed by atoms with E-state index in [9.17, 15) is 0 Å². The van der Waals surface area contributed by atoms with Crippen LogP contribution in [0.3, 0.4) is 0 Å². The molecule has 24 heavy (non-hydrogen) atoms. The number of ether oxygens (including phenoxy) is 1. The molecule has 0 saturated heterocycles. The molecular weight excluding hydrogens is 298 g/mol. The summed E-state index contributed by atoms with van der Waals surface area (Å²) in [6.45, 7) is 2.66. The third-order valence-corrected chi connectivity index (χ3v) is 4.42. The molecule has 2 aromatic carbocycles. The number of nitrogens with one attached hydrogen (secondary N) is 1. The van der Waals surface area contributed by atoms with Gasteiger partial charge in [-0.15, -0.1) is 0 Å². The number of methoxy groups -OCH3 is 1. The van der Waals surface area contributed by atoms with Crippen molar-refractivity contribution < 1.29 is 4.74 Å². The van der Waals surface area contributed by atoms with E-state index in [1.807, 2.05) is 31.3 Å². The number of aromatic amines is 1. The van der Waals surface area contributed by atoms with E-state index in [0.717, 1.165) is 29.0 Å². The van der Waals surface area contributed by atoms with E-state index < -0.39 is 0 Å². The van der Waals surface area contributed by atoms with Gasteiger partial charge < -0.3 is 10.5 Å². The Bertz CT molecular complexity index is 793. The highest BCUT2D eigenvalue weighted by molar-refractivity contribution is 5.65. The molecule has 124 valence electrons. The smallest absolute Gasteiger partial charge is 0.122 e. The van der Waals surface area contributed by atoms with E-state index in [2.05, 4.69) is 40.5 Å². The first kappa shape index (κ1) is 16.3. The molecule has 3 N–H and O–H groups in total. The quantitative estimate of drug-likeness (QED) is 0.724. The van der Waals surface area contributed by atoms with Crippen LogP contribution in [0.1, 0.15) is 29.2 Å². The molecule has 0 radical (unpaired) electrons. The molecule has 1 aromatic heterocycles. The minimum Gasteiger partial charge on any atom is -0.496 e. The number of para-hydroxylation sites is 1. The summed E-state index contributed by atoms with van der Waals surface area (Å²) in [6.07, 6.45) is 2.74. The van der Waals surface area contributed by atoms with Gasteiger partial charge in [0.15, 0.2) is 0 Å². The van der Waals surface area contributed by atoms with E-state index >= 15 is 0 Å². The first-order chi connectivity index (χ1) is 11.7. The van der Waals surface area contributed by atoms with Crippen LogP contribution in [0.15, 0.2) is 54.7 Å². The number of nitrogens with two attached hydrogens (primary N) is 1. The van der Waals surface area contributed by atoms with Gasteiger partial charge in [0.05, 0.1) is 13.3 Å². The van der Waals surface area contributed by atoms with Crippen molar-refractivity contribution in [3.05, 3.63) is 71.5 Å². The molecule has 4 nitrogen and oxygen atoms in total. The standard InChI is InChI=1S/C20H23N3O/c1-14-19(13-22-23-14)16-9-7-15(8-10-16)17(11-12-21)18-5-3-4-6-20(18)24-2/h3-10,13,17H,11-12,21H2,1-2H3,(H,22,23). The van der Waals surface area contributed by atoms with Crippen LogP contribution >= 0.6 is 0 Å². The molecule has 0 aliphatic carbocycles. The summed E-state index contributed by atoms with van der Waals surface area (Å²) in [5.74, 6) is 1.14. The molecule has 0 aliphatic rings. The number of benzene rings is 2. The van der Waals surface area contributed by atoms with Crippen molar-refractivity contribution >= 4 is 0 Å². The maximum atomic E-state index is 5.87. The first-order valence-electron chi connectivity index (χ1n) is 8.18. The average molecular weight is 321 g/mol. The SMILES string of the molecule is COc1ccccc1C(CCN)c1ccc(-c2cn[nH]c2C)cc1. The fourth-order valence-corrected chi connectivity index (χ4v) is 3.16. The van der Waals surface area contributed by atoms with Gasteiger partial charge in [0.1, 0.15) is 5.75 Å². The van der Waals surface area contributed by atoms with E-state index in [1.165, 1.54) is 11.1 Å². The number of rotatable bonds is 6. The van der Waals surface area contributed by atoms with E-state index in [-0.39, 0.29) is 5.92 Å². The molecule has 1 atom stereocenters. The van der Waals surface area contributed by atoms with E-state index in [0.29, 0.717) is 6.54 Å². The van der Waals surface area contributed by atoms with Crippen molar-refractivity contribution in [1.82, 2.24) is 10.2 Å². The van der Waals surface area contributed by atoms with Crippen LogP contribution in [0.2, 0.25) is 0 Å². The Balaban J connectivity index is 1.96. The minimum absolute atomic E-state index is 0.227. The lowest BCUT2D eigenvalue weighted by molar-refractivity contribution is 0.406. The highest BCUT2D eigenvalue weighted by atomic mass is 16.5. The van der Waals surface area contributed by atoms with Gasteiger partial charge in [-0.2, -0.15) is 5.10 Å². The zero-order chi connectivity index (χ0) is 16.9. The van der Waals surface area contributed by atoms with Gasteiger partial charge in [-0.1, -0.05) is 42.5 Å². The predicted octanol–water partition coefficient (Wildman–Crippen LogP) is 3.87. The van der Waals surface area contributed by atoms with Crippen LogP contribution in [-0.4, -0.2) is 23.9 Å². The van der Waals surface area contributed by atoms with Crippen molar-refractivity contribution in [2.75, 3.05) is 13.7 Å². The number of nitrogens with zero attached hydrogens (tertiary/aromatic N) is 1. The summed E-state index contributed by atoms with van der Waals surface area (Å²) in [5, 5.41) is 7.08. The molecule has 0 aliphatic heterocycles. The third-order valence-electron chi connectivity index (χ3n) is 4.42. The third kappa shape index (κ3) is 3.19. The number of aryl methyl sites for hydroxylation is 1. The highest BCUT2D eigenvalue weighted by Gasteiger charge is 2.17. The second-order valence-electron chi connectivity index (χ2n) is 5.90. The predicted molar refractivity (Wildman–Crippen MR) is 97.3 cm³/mol. The van der Waals surface area contributed by atoms with Crippen molar-refractivity contribution in [2.24, 2.45) is 5.73 Å². The fourth-order valence-electron chi connectivity index (χ4n) is 3.16. The van der Waals surface area contributed by atoms with Crippen molar-refractivity contribution in [3.63, 3.8) is 0 Å². The molecule has 1 unspecified atom stereocenters. The molecule has 0 amide bonds. The lowest BCUT2D eigenvalue weighted by Crippen LogP contribution is -2.10. The summed E-state index contributed by atoms with van der Waals surface area (Å²) in [5.41, 5.74) is 11.7. The Morgan fingerprint density at radius 3 is 2.50 bits per heavy atom. The summed E-state index contributed by atoms with van der Waals surface area (Å²) in [6, 6.07) is 16.8. The molecule has 0 bridgehead atoms. The minimum atomic E-state index is 0.227. The fraction of sp³-hybridized carbons (Fsp3) is 0.250. The lowest BCUT2D eigenvalue weighted by atomic mass is 9.87. The summed E-state index contributed by atoms with van der Waals surface area (Å²) < 4.78 is 5.54. The molecule has 0 fully saturated rings. The van der Waals surface area contributed by atoms with Crippen molar-refractivity contribution in [1.29, 1.82) is 0 Å². The van der Waals surface area contributed by atoms with Crippen LogP contribution in [0.4, 0.5) is 0 Å². The van der Waals surface area contributed by atoms with Crippen molar-refractivity contribution in [2.45, 2.75) is 19.3 Å². The van der Waals surface area contributed by atoms with Gasteiger partial charge in [0.25, 0.3) is 0 Å². The van der Waals surface area contributed by atoms with Crippen molar-refractivity contribution in [3.8, 4) is 16.9 Å². The maximum absolute atomic E-state index is 5.87. The molecule has 3 aromatic rings. The largest absolute Gasteiger partial charge is 0.496 e. The van der Waals surface area contributed by atoms with Crippen LogP contribution in [0.25, 0.3) is 11.1 Å². The van der Waals surface area contributed by atoms with Gasteiger partial charge in [0.2, 0.25) is 0 Å². The molecule has 0 saturated carbocycles. The maximum Gasteiger partial charge on any atom is 0.122 e. The van der Waals surface area contributed by atoms with Gasteiger partial charge in [-0.3, -0.25) is 5.10 Å². The summed E-state index contributed by atoms with van der Waals surface area (Å²) >= 11 is 0. The number of H-pyrrole nitrogens is 1. The molecular formula is C20H23N3O. The first-order valence-corrected chi connectivity index (χ1v) is 8.18. The zero-order valence-corrected chi connectivity index (χ0v) is 14.1. The number of hydrogen-bond acceptors (Lipinski definition) is 3. The Labute approximate surface area is 142 Å². The highest BCUT2D eigenvalue weighted by Crippen LogP contribution is 2.35. The summed E-state index contributed by atoms with van der Waals surface area (Å²) in [4.78, 5) is 0. The summed E-state index contributed by atoms with van der Waals surface area (Å²) in [7, 11) is 1.71. The second-order valence-corrected chi connectivity index (χ2v) is 5.90. The van der Waals surface area contributed by atoms with Crippen LogP contribution in [-0.2, 0) is 0 Å². The van der Waals surface area contributed by atoms with Gasteiger partial charge >= 0.3 is 0 Å². The van der Waals surface area contributed by atoms with Crippen LogP contribution in [0, 0.1) is 6.92 Å². The Morgan fingerprint density at radius 1 is 1.12 bits per heavy atom. The Morgan fingerprint density at radius 2 is 1.88 bits per heavy atom. The molecule has 3 rings (SSSR count). The Hall–Kier alpha value is -2.59. The normalized spacial score (nSPS) is 12.1. The van der Waals surface area contributed by atoms with Gasteiger partial charge in [-0.25, -0.2) is 0 Å². The number of hydrogen-bond donors (Lipinski definition) is 2. The molecule has 4 heteroatoms. The average Bonchev–Trinajstić information content (AvgIpc) is 3.06. The van der Waals surface area contributed by atoms with E-state index in [4.69, 9.17) is 10.5 Å². The van der Waals surface area contributed by atoms with Gasteiger partial charge in [-0.05, 0) is 37.1 Å². The van der Waals surface area contributed by atoms with E-state index in [1.54, 1.807) is 7.11 Å². The van der Waals surface area contributed by atoms with Crippen LogP contribution in [0.5, 0.6) is 5.75 Å². The Kier molecular flexibility index (Phi) is 4.96. The van der Waals surface area contributed by atoms with Gasteiger partial charge in [0, 0.05) is 22.7 Å². The number of aromatic nitrogens is 2. The zero-order valence-electron chi connectivity index (χ0n) is 14.1. The molecule has 1 heterocycles. The lowest BCUT2D eigenvalue weighted by Gasteiger charge is -2.20. The molecule has 0 spiro atoms. The second kappa shape index (κ2) is 7.32. The monoisotopic (exact) mass is 321 g/mol. The topological polar surface area (TPSA) is 63.9 Å². The van der Waals surface area contributed by atoms with Crippen LogP contribution < -0.4 is 10.5 Å².